The van der Waals surface area contributed by atoms with E-state index >= 15 is 0 Å². The zero-order valence-corrected chi connectivity index (χ0v) is 9.46. The van der Waals surface area contributed by atoms with Crippen LogP contribution in [0, 0.1) is 0 Å². The molecule has 2 heterocycles. The van der Waals surface area contributed by atoms with E-state index in [1.165, 1.54) is 6.20 Å². The molecule has 1 aliphatic heterocycles. The summed E-state index contributed by atoms with van der Waals surface area (Å²) in [5.74, 6) is 0. The van der Waals surface area contributed by atoms with Crippen molar-refractivity contribution in [1.82, 2.24) is 14.9 Å². The number of aromatic amines is 1. The molecule has 0 amide bonds. The van der Waals surface area contributed by atoms with Gasteiger partial charge in [-0.05, 0) is 6.42 Å². The normalized spacial score (nSPS) is 21.4. The third kappa shape index (κ3) is 2.24. The molecule has 0 radical (unpaired) electrons. The maximum atomic E-state index is 11.9. The first kappa shape index (κ1) is 11.5. The van der Waals surface area contributed by atoms with Crippen molar-refractivity contribution in [1.29, 1.82) is 0 Å². The van der Waals surface area contributed by atoms with Crippen molar-refractivity contribution in [3.8, 4) is 0 Å². The van der Waals surface area contributed by atoms with Gasteiger partial charge in [-0.3, -0.25) is 5.10 Å². The summed E-state index contributed by atoms with van der Waals surface area (Å²) < 4.78 is 31.5. The van der Waals surface area contributed by atoms with Gasteiger partial charge >= 0.3 is 0 Å². The van der Waals surface area contributed by atoms with Crippen LogP contribution in [-0.2, 0) is 21.3 Å². The van der Waals surface area contributed by atoms with Crippen LogP contribution in [0.1, 0.15) is 12.0 Å². The molecule has 0 saturated carbocycles. The molecule has 1 unspecified atom stereocenters. The smallest absolute Gasteiger partial charge is 0.258 e. The van der Waals surface area contributed by atoms with E-state index in [-0.39, 0.29) is 17.6 Å². The van der Waals surface area contributed by atoms with Crippen LogP contribution in [0.5, 0.6) is 0 Å². The molecule has 90 valence electrons. The molecule has 1 aromatic rings. The highest BCUT2D eigenvalue weighted by atomic mass is 32.2. The fraction of sp³-hybridized carbons (Fsp3) is 0.625. The van der Waals surface area contributed by atoms with Crippen molar-refractivity contribution >= 4 is 10.0 Å². The zero-order valence-electron chi connectivity index (χ0n) is 8.64. The number of hydrogen-bond acceptors (Lipinski definition) is 5. The Labute approximate surface area is 93.4 Å². The molecule has 1 aliphatic rings. The molecule has 0 spiro atoms. The average molecular weight is 246 g/mol. The second-order valence-electron chi connectivity index (χ2n) is 3.61. The first-order chi connectivity index (χ1) is 7.63. The van der Waals surface area contributed by atoms with Crippen molar-refractivity contribution in [2.75, 3.05) is 13.2 Å². The van der Waals surface area contributed by atoms with E-state index in [0.29, 0.717) is 25.2 Å². The topological polar surface area (TPSA) is 110 Å². The third-order valence-corrected chi connectivity index (χ3v) is 3.95. The first-order valence-corrected chi connectivity index (χ1v) is 6.44. The largest absolute Gasteiger partial charge is 0.380 e. The predicted octanol–water partition coefficient (Wildman–Crippen LogP) is -1.06. The van der Waals surface area contributed by atoms with Crippen LogP contribution in [0.2, 0.25) is 0 Å². The van der Waals surface area contributed by atoms with E-state index in [9.17, 15) is 8.42 Å². The van der Waals surface area contributed by atoms with Gasteiger partial charge in [-0.25, -0.2) is 13.1 Å². The van der Waals surface area contributed by atoms with E-state index in [1.54, 1.807) is 0 Å². The number of nitrogens with two attached hydrogens (primary N) is 1. The fourth-order valence-corrected chi connectivity index (χ4v) is 2.98. The number of sulfonamides is 1. The summed E-state index contributed by atoms with van der Waals surface area (Å²) in [7, 11) is -3.57. The number of aromatic nitrogens is 2. The molecule has 4 N–H and O–H groups in total. The number of H-pyrrole nitrogens is 1. The van der Waals surface area contributed by atoms with Gasteiger partial charge in [0.2, 0.25) is 0 Å². The number of rotatable bonds is 4. The van der Waals surface area contributed by atoms with E-state index in [2.05, 4.69) is 14.9 Å². The summed E-state index contributed by atoms with van der Waals surface area (Å²) in [5.41, 5.74) is 5.90. The first-order valence-electron chi connectivity index (χ1n) is 4.96. The van der Waals surface area contributed by atoms with Gasteiger partial charge in [0.1, 0.15) is 0 Å². The fourth-order valence-electron chi connectivity index (χ4n) is 1.58. The number of nitrogens with one attached hydrogen (secondary N) is 2. The Morgan fingerprint density at radius 1 is 1.69 bits per heavy atom. The Morgan fingerprint density at radius 2 is 2.50 bits per heavy atom. The third-order valence-electron chi connectivity index (χ3n) is 2.42. The number of ether oxygens (including phenoxy) is 1. The van der Waals surface area contributed by atoms with Crippen LogP contribution in [0.15, 0.2) is 11.2 Å². The lowest BCUT2D eigenvalue weighted by molar-refractivity contribution is 0.192. The van der Waals surface area contributed by atoms with Crippen molar-refractivity contribution in [2.45, 2.75) is 24.0 Å². The highest BCUT2D eigenvalue weighted by Crippen LogP contribution is 2.13. The molecular weight excluding hydrogens is 232 g/mol. The molecule has 2 rings (SSSR count). The predicted molar refractivity (Wildman–Crippen MR) is 56.0 cm³/mol. The molecule has 16 heavy (non-hydrogen) atoms. The van der Waals surface area contributed by atoms with Crippen molar-refractivity contribution in [2.24, 2.45) is 5.73 Å². The van der Waals surface area contributed by atoms with E-state index in [0.717, 1.165) is 0 Å². The molecular formula is C8H14N4O3S. The second-order valence-corrected chi connectivity index (χ2v) is 5.26. The maximum Gasteiger partial charge on any atom is 0.258 e. The summed E-state index contributed by atoms with van der Waals surface area (Å²) in [6.45, 7) is 1.12. The van der Waals surface area contributed by atoms with Crippen LogP contribution in [0.4, 0.5) is 0 Å². The summed E-state index contributed by atoms with van der Waals surface area (Å²) in [6.07, 6.45) is 2.10. The Balaban J connectivity index is 2.18. The van der Waals surface area contributed by atoms with E-state index in [4.69, 9.17) is 10.5 Å². The summed E-state index contributed by atoms with van der Waals surface area (Å²) >= 11 is 0. The van der Waals surface area contributed by atoms with Gasteiger partial charge in [0.15, 0.2) is 5.03 Å². The van der Waals surface area contributed by atoms with Crippen LogP contribution < -0.4 is 10.5 Å². The lowest BCUT2D eigenvalue weighted by atomic mass is 10.3. The quantitative estimate of drug-likeness (QED) is 0.627. The average Bonchev–Trinajstić information content (AvgIpc) is 2.85. The Hall–Kier alpha value is -0.960. The van der Waals surface area contributed by atoms with Gasteiger partial charge < -0.3 is 10.5 Å². The van der Waals surface area contributed by atoms with Gasteiger partial charge in [-0.15, -0.1) is 0 Å². The molecule has 0 aromatic carbocycles. The summed E-state index contributed by atoms with van der Waals surface area (Å²) in [6, 6.07) is -0.168. The molecule has 1 saturated heterocycles. The SMILES string of the molecule is NCc1cn[nH]c1S(=O)(=O)NC1CCOC1. The van der Waals surface area contributed by atoms with Crippen LogP contribution in [-0.4, -0.2) is 37.9 Å². The lowest BCUT2D eigenvalue weighted by Gasteiger charge is -2.10. The highest BCUT2D eigenvalue weighted by Gasteiger charge is 2.26. The van der Waals surface area contributed by atoms with Crippen molar-refractivity contribution in [3.63, 3.8) is 0 Å². The molecule has 1 aromatic heterocycles. The van der Waals surface area contributed by atoms with Gasteiger partial charge in [0.25, 0.3) is 10.0 Å². The lowest BCUT2D eigenvalue weighted by Crippen LogP contribution is -2.35. The second kappa shape index (κ2) is 4.50. The minimum absolute atomic E-state index is 0.0434. The highest BCUT2D eigenvalue weighted by molar-refractivity contribution is 7.89. The number of hydrogen-bond donors (Lipinski definition) is 3. The minimum Gasteiger partial charge on any atom is -0.380 e. The van der Waals surface area contributed by atoms with Gasteiger partial charge in [-0.1, -0.05) is 0 Å². The standard InChI is InChI=1S/C8H14N4O3S/c9-3-6-4-10-11-8(6)16(13,14)12-7-1-2-15-5-7/h4,7,12H,1-3,5,9H2,(H,10,11). The van der Waals surface area contributed by atoms with Crippen LogP contribution >= 0.6 is 0 Å². The van der Waals surface area contributed by atoms with Crippen molar-refractivity contribution in [3.05, 3.63) is 11.8 Å². The Kier molecular flexibility index (Phi) is 3.24. The Bertz CT molecular complexity index is 450. The molecule has 8 heteroatoms. The van der Waals surface area contributed by atoms with E-state index < -0.39 is 10.0 Å². The maximum absolute atomic E-state index is 11.9. The molecule has 1 atom stereocenters. The van der Waals surface area contributed by atoms with Gasteiger partial charge in [0.05, 0.1) is 12.8 Å². The minimum atomic E-state index is -3.57. The van der Waals surface area contributed by atoms with E-state index in [1.807, 2.05) is 0 Å². The molecule has 0 bridgehead atoms. The van der Waals surface area contributed by atoms with Crippen molar-refractivity contribution < 1.29 is 13.2 Å². The Morgan fingerprint density at radius 3 is 3.12 bits per heavy atom. The molecule has 0 aliphatic carbocycles. The molecule has 1 fully saturated rings. The van der Waals surface area contributed by atoms with Crippen LogP contribution in [0.25, 0.3) is 0 Å². The zero-order chi connectivity index (χ0) is 11.6. The molecule has 7 nitrogen and oxygen atoms in total. The van der Waals surface area contributed by atoms with Gasteiger partial charge in [-0.2, -0.15) is 5.10 Å². The van der Waals surface area contributed by atoms with Gasteiger partial charge in [0, 0.05) is 24.8 Å². The van der Waals surface area contributed by atoms with Crippen LogP contribution in [0.3, 0.4) is 0 Å². The summed E-state index contributed by atoms with van der Waals surface area (Å²) in [4.78, 5) is 0. The summed E-state index contributed by atoms with van der Waals surface area (Å²) in [5, 5.41) is 6.17. The number of nitrogens with zero attached hydrogens (tertiary/aromatic N) is 1. The monoisotopic (exact) mass is 246 g/mol.